The van der Waals surface area contributed by atoms with Crippen molar-refractivity contribution in [3.63, 3.8) is 0 Å². The maximum atomic E-state index is 13.8. The molecule has 9 heteroatoms. The third-order valence-electron chi connectivity index (χ3n) is 7.53. The number of alkyl halides is 2. The molecule has 6 rings (SSSR count). The van der Waals surface area contributed by atoms with Crippen LogP contribution < -0.4 is 10.6 Å². The lowest BCUT2D eigenvalue weighted by molar-refractivity contribution is 0.0663. The number of piperidine rings is 1. The maximum Gasteiger partial charge on any atom is 0.319 e. The van der Waals surface area contributed by atoms with Gasteiger partial charge >= 0.3 is 6.03 Å². The van der Waals surface area contributed by atoms with E-state index >= 15 is 0 Å². The van der Waals surface area contributed by atoms with Gasteiger partial charge in [-0.25, -0.2) is 13.6 Å². The SMILES string of the molecule is CC.O=C1Nc2c(Cl)cc3cc(C(=O)N4CCC5C(C4)C5(F)F)oc3c2C2(CCCCC2)N1. The van der Waals surface area contributed by atoms with Crippen LogP contribution in [0.4, 0.5) is 19.3 Å². The number of benzene rings is 1. The highest BCUT2D eigenvalue weighted by atomic mass is 35.5. The summed E-state index contributed by atoms with van der Waals surface area (Å²) in [5.74, 6) is -4.27. The molecule has 2 saturated carbocycles. The van der Waals surface area contributed by atoms with Gasteiger partial charge in [0.05, 0.1) is 16.2 Å². The molecule has 3 amide bonds. The van der Waals surface area contributed by atoms with Crippen molar-refractivity contribution in [3.05, 3.63) is 28.5 Å². The number of likely N-dealkylation sites (tertiary alicyclic amines) is 1. The highest BCUT2D eigenvalue weighted by molar-refractivity contribution is 6.35. The zero-order valence-corrected chi connectivity index (χ0v) is 19.5. The number of hydrogen-bond acceptors (Lipinski definition) is 3. The van der Waals surface area contributed by atoms with E-state index in [0.717, 1.165) is 37.7 Å². The molecule has 1 aromatic heterocycles. The van der Waals surface area contributed by atoms with Crippen LogP contribution in [-0.4, -0.2) is 35.9 Å². The lowest BCUT2D eigenvalue weighted by Gasteiger charge is -2.42. The second-order valence-electron chi connectivity index (χ2n) is 9.29. The smallest absolute Gasteiger partial charge is 0.319 e. The molecule has 4 aliphatic rings. The first-order chi connectivity index (χ1) is 15.8. The van der Waals surface area contributed by atoms with Gasteiger partial charge in [-0.05, 0) is 31.4 Å². The molecule has 0 radical (unpaired) electrons. The first-order valence-corrected chi connectivity index (χ1v) is 12.2. The molecule has 178 valence electrons. The van der Waals surface area contributed by atoms with Crippen molar-refractivity contribution in [2.24, 2.45) is 11.8 Å². The van der Waals surface area contributed by atoms with Crippen LogP contribution in [0.15, 0.2) is 16.5 Å². The third kappa shape index (κ3) is 3.40. The van der Waals surface area contributed by atoms with Crippen LogP contribution in [-0.2, 0) is 5.54 Å². The number of nitrogens with zero attached hydrogens (tertiary/aromatic N) is 1. The second kappa shape index (κ2) is 7.86. The lowest BCUT2D eigenvalue weighted by atomic mass is 9.74. The zero-order chi connectivity index (χ0) is 23.5. The summed E-state index contributed by atoms with van der Waals surface area (Å²) >= 11 is 6.52. The fourth-order valence-electron chi connectivity index (χ4n) is 5.86. The van der Waals surface area contributed by atoms with E-state index < -0.39 is 23.3 Å². The van der Waals surface area contributed by atoms with Gasteiger partial charge in [0.25, 0.3) is 11.8 Å². The van der Waals surface area contributed by atoms with E-state index in [2.05, 4.69) is 10.6 Å². The molecule has 2 aliphatic carbocycles. The van der Waals surface area contributed by atoms with Crippen LogP contribution in [0, 0.1) is 11.8 Å². The number of nitrogens with one attached hydrogen (secondary N) is 2. The Labute approximate surface area is 196 Å². The molecule has 3 heterocycles. The minimum Gasteiger partial charge on any atom is -0.450 e. The van der Waals surface area contributed by atoms with E-state index in [1.807, 2.05) is 13.8 Å². The summed E-state index contributed by atoms with van der Waals surface area (Å²) in [7, 11) is 0. The van der Waals surface area contributed by atoms with Gasteiger partial charge in [-0.3, -0.25) is 4.79 Å². The minimum atomic E-state index is -2.66. The van der Waals surface area contributed by atoms with E-state index in [0.29, 0.717) is 34.6 Å². The van der Waals surface area contributed by atoms with Gasteiger partial charge in [-0.2, -0.15) is 0 Å². The number of halogens is 3. The predicted octanol–water partition coefficient (Wildman–Crippen LogP) is 6.13. The maximum absolute atomic E-state index is 13.8. The zero-order valence-electron chi connectivity index (χ0n) is 18.8. The Morgan fingerprint density at radius 1 is 1.18 bits per heavy atom. The molecule has 0 bridgehead atoms. The molecule has 2 atom stereocenters. The van der Waals surface area contributed by atoms with E-state index in [1.54, 1.807) is 12.1 Å². The Kier molecular flexibility index (Phi) is 5.34. The summed E-state index contributed by atoms with van der Waals surface area (Å²) in [4.78, 5) is 26.9. The third-order valence-corrected chi connectivity index (χ3v) is 7.82. The van der Waals surface area contributed by atoms with Crippen molar-refractivity contribution >= 4 is 40.2 Å². The fourth-order valence-corrected chi connectivity index (χ4v) is 6.11. The van der Waals surface area contributed by atoms with Crippen LogP contribution in [0.1, 0.15) is 68.5 Å². The highest BCUT2D eigenvalue weighted by Crippen LogP contribution is 2.59. The predicted molar refractivity (Wildman–Crippen MR) is 122 cm³/mol. The Morgan fingerprint density at radius 2 is 1.91 bits per heavy atom. The summed E-state index contributed by atoms with van der Waals surface area (Å²) in [6.07, 6.45) is 4.85. The monoisotopic (exact) mass is 479 g/mol. The number of carbonyl (C=O) groups excluding carboxylic acids is 2. The van der Waals surface area contributed by atoms with Gasteiger partial charge < -0.3 is 20.0 Å². The Balaban J connectivity index is 0.00000111. The van der Waals surface area contributed by atoms with Crippen LogP contribution in [0.3, 0.4) is 0 Å². The summed E-state index contributed by atoms with van der Waals surface area (Å²) < 4.78 is 33.6. The average Bonchev–Trinajstić information content (AvgIpc) is 3.13. The van der Waals surface area contributed by atoms with Gasteiger partial charge in [0.15, 0.2) is 5.76 Å². The van der Waals surface area contributed by atoms with Crippen LogP contribution >= 0.6 is 11.6 Å². The van der Waals surface area contributed by atoms with Crippen molar-refractivity contribution in [1.82, 2.24) is 10.2 Å². The van der Waals surface area contributed by atoms with Gasteiger partial charge in [0, 0.05) is 35.9 Å². The Morgan fingerprint density at radius 3 is 2.61 bits per heavy atom. The average molecular weight is 480 g/mol. The molecular formula is C24H28ClF2N3O3. The van der Waals surface area contributed by atoms with Crippen molar-refractivity contribution in [3.8, 4) is 0 Å². The number of carbonyl (C=O) groups is 2. The molecule has 1 spiro atoms. The largest absolute Gasteiger partial charge is 0.450 e. The molecule has 2 N–H and O–H groups in total. The molecule has 3 fully saturated rings. The van der Waals surface area contributed by atoms with E-state index in [1.165, 1.54) is 4.90 Å². The fraction of sp³-hybridized carbons (Fsp3) is 0.583. The standard InChI is InChI=1S/C22H22ClF2N3O3.C2H6/c23-14-8-11-9-15(19(29)28-7-4-12-13(10-28)22(12,24)25)31-18(11)16-17(14)26-20(30)27-21(16)5-2-1-3-6-21;1-2/h8-9,12-13H,1-7,10H2,(H2,26,27,30);1-2H3. The number of anilines is 1. The molecule has 1 aromatic carbocycles. The molecule has 6 nitrogen and oxygen atoms in total. The van der Waals surface area contributed by atoms with E-state index in [4.69, 9.17) is 16.0 Å². The first-order valence-electron chi connectivity index (χ1n) is 11.8. The van der Waals surface area contributed by atoms with Crippen molar-refractivity contribution < 1.29 is 22.8 Å². The summed E-state index contributed by atoms with van der Waals surface area (Å²) in [6, 6.07) is 3.01. The lowest BCUT2D eigenvalue weighted by Crippen LogP contribution is -2.52. The van der Waals surface area contributed by atoms with Gasteiger partial charge in [-0.15, -0.1) is 0 Å². The summed E-state index contributed by atoms with van der Waals surface area (Å²) in [6.45, 7) is 4.35. The molecule has 2 unspecified atom stereocenters. The van der Waals surface area contributed by atoms with Crippen LogP contribution in [0.2, 0.25) is 5.02 Å². The summed E-state index contributed by atoms with van der Waals surface area (Å²) in [5.41, 5.74) is 1.22. The second-order valence-corrected chi connectivity index (χ2v) is 9.69. The van der Waals surface area contributed by atoms with Gasteiger partial charge in [0.1, 0.15) is 5.58 Å². The van der Waals surface area contributed by atoms with Crippen molar-refractivity contribution in [2.75, 3.05) is 18.4 Å². The number of rotatable bonds is 1. The minimum absolute atomic E-state index is 0.0496. The van der Waals surface area contributed by atoms with E-state index in [-0.39, 0.29) is 24.2 Å². The normalized spacial score (nSPS) is 26.5. The van der Waals surface area contributed by atoms with Crippen LogP contribution in [0.25, 0.3) is 11.0 Å². The number of amides is 3. The Bertz CT molecular complexity index is 1130. The van der Waals surface area contributed by atoms with Gasteiger partial charge in [0.2, 0.25) is 0 Å². The van der Waals surface area contributed by atoms with E-state index in [9.17, 15) is 18.4 Å². The number of fused-ring (bicyclic) bond motifs is 5. The molecule has 33 heavy (non-hydrogen) atoms. The van der Waals surface area contributed by atoms with Gasteiger partial charge in [-0.1, -0.05) is 44.7 Å². The molecule has 1 saturated heterocycles. The van der Waals surface area contributed by atoms with Crippen molar-refractivity contribution in [2.45, 2.75) is 63.8 Å². The molecular weight excluding hydrogens is 452 g/mol. The van der Waals surface area contributed by atoms with Crippen molar-refractivity contribution in [1.29, 1.82) is 0 Å². The first kappa shape index (κ1) is 22.4. The molecule has 2 aliphatic heterocycles. The quantitative estimate of drug-likeness (QED) is 0.516. The number of urea groups is 1. The van der Waals surface area contributed by atoms with Crippen LogP contribution in [0.5, 0.6) is 0 Å². The summed E-state index contributed by atoms with van der Waals surface area (Å²) in [5, 5.41) is 6.93. The topological polar surface area (TPSA) is 74.6 Å². The highest BCUT2D eigenvalue weighted by Gasteiger charge is 2.69. The Hall–Kier alpha value is -2.35. The number of hydrogen-bond donors (Lipinski definition) is 2. The number of furan rings is 1. The molecule has 2 aromatic rings.